The van der Waals surface area contributed by atoms with Gasteiger partial charge in [-0.05, 0) is 64.7 Å². The molecule has 0 unspecified atom stereocenters. The van der Waals surface area contributed by atoms with E-state index in [2.05, 4.69) is 35.1 Å². The van der Waals surface area contributed by atoms with Crippen molar-refractivity contribution in [1.29, 1.82) is 0 Å². The van der Waals surface area contributed by atoms with Crippen molar-refractivity contribution in [3.63, 3.8) is 0 Å². The molecule has 0 aliphatic heterocycles. The maximum atomic E-state index is 13.1. The van der Waals surface area contributed by atoms with Crippen molar-refractivity contribution in [2.75, 3.05) is 11.9 Å². The molecular weight excluding hydrogens is 361 g/mol. The maximum Gasteiger partial charge on any atom is 0.255 e. The van der Waals surface area contributed by atoms with Crippen LogP contribution in [-0.4, -0.2) is 12.5 Å². The van der Waals surface area contributed by atoms with E-state index < -0.39 is 5.82 Å². The van der Waals surface area contributed by atoms with E-state index in [-0.39, 0.29) is 5.91 Å². The lowest BCUT2D eigenvalue weighted by molar-refractivity contribution is 0.102. The van der Waals surface area contributed by atoms with Crippen molar-refractivity contribution in [1.82, 2.24) is 0 Å². The number of carbonyl (C=O) groups excluding carboxylic acids is 1. The molecule has 23 heavy (non-hydrogen) atoms. The van der Waals surface area contributed by atoms with E-state index in [0.29, 0.717) is 34.0 Å². The molecule has 122 valence electrons. The number of hydrogen-bond donors (Lipinski definition) is 1. The zero-order valence-electron chi connectivity index (χ0n) is 13.1. The normalized spacial score (nSPS) is 10.7. The molecule has 0 aliphatic carbocycles. The number of amides is 1. The number of anilines is 1. The smallest absolute Gasteiger partial charge is 0.255 e. The Morgan fingerprint density at radius 3 is 2.70 bits per heavy atom. The van der Waals surface area contributed by atoms with Crippen molar-refractivity contribution in [3.05, 3.63) is 58.3 Å². The molecule has 0 saturated heterocycles. The SMILES string of the molecule is CC(C)CCOc1ccc(C(=O)Nc2cccc(F)c2)cc1Br. The van der Waals surface area contributed by atoms with Crippen LogP contribution in [0, 0.1) is 11.7 Å². The summed E-state index contributed by atoms with van der Waals surface area (Å²) in [7, 11) is 0. The van der Waals surface area contributed by atoms with Gasteiger partial charge in [0, 0.05) is 11.3 Å². The molecule has 0 heterocycles. The van der Waals surface area contributed by atoms with Gasteiger partial charge in [-0.2, -0.15) is 0 Å². The lowest BCUT2D eigenvalue weighted by atomic mass is 10.1. The Hall–Kier alpha value is -1.88. The zero-order chi connectivity index (χ0) is 16.8. The fourth-order valence-corrected chi connectivity index (χ4v) is 2.43. The minimum Gasteiger partial charge on any atom is -0.492 e. The average Bonchev–Trinajstić information content (AvgIpc) is 2.48. The molecule has 0 bridgehead atoms. The van der Waals surface area contributed by atoms with Crippen molar-refractivity contribution < 1.29 is 13.9 Å². The highest BCUT2D eigenvalue weighted by molar-refractivity contribution is 9.10. The molecule has 0 saturated carbocycles. The number of halogens is 2. The van der Waals surface area contributed by atoms with Gasteiger partial charge in [0.2, 0.25) is 0 Å². The van der Waals surface area contributed by atoms with Crippen molar-refractivity contribution in [2.24, 2.45) is 5.92 Å². The van der Waals surface area contributed by atoms with Gasteiger partial charge in [0.25, 0.3) is 5.91 Å². The third-order valence-electron chi connectivity index (χ3n) is 3.23. The minimum atomic E-state index is -0.391. The van der Waals surface area contributed by atoms with Gasteiger partial charge in [-0.25, -0.2) is 4.39 Å². The summed E-state index contributed by atoms with van der Waals surface area (Å²) in [6, 6.07) is 10.9. The third-order valence-corrected chi connectivity index (χ3v) is 3.85. The lowest BCUT2D eigenvalue weighted by Crippen LogP contribution is -2.12. The monoisotopic (exact) mass is 379 g/mol. The van der Waals surface area contributed by atoms with Crippen LogP contribution in [0.4, 0.5) is 10.1 Å². The molecule has 2 aromatic rings. The van der Waals surface area contributed by atoms with E-state index in [1.807, 2.05) is 0 Å². The molecule has 0 fully saturated rings. The lowest BCUT2D eigenvalue weighted by Gasteiger charge is -2.11. The van der Waals surface area contributed by atoms with Gasteiger partial charge in [-0.15, -0.1) is 0 Å². The second-order valence-electron chi connectivity index (χ2n) is 5.64. The van der Waals surface area contributed by atoms with Gasteiger partial charge in [-0.1, -0.05) is 19.9 Å². The maximum absolute atomic E-state index is 13.1. The summed E-state index contributed by atoms with van der Waals surface area (Å²) in [6.07, 6.45) is 0.967. The van der Waals surface area contributed by atoms with Crippen molar-refractivity contribution in [2.45, 2.75) is 20.3 Å². The van der Waals surface area contributed by atoms with Crippen LogP contribution in [0.5, 0.6) is 5.75 Å². The number of rotatable bonds is 6. The zero-order valence-corrected chi connectivity index (χ0v) is 14.7. The van der Waals surface area contributed by atoms with E-state index in [4.69, 9.17) is 4.74 Å². The van der Waals surface area contributed by atoms with E-state index in [0.717, 1.165) is 6.42 Å². The van der Waals surface area contributed by atoms with E-state index in [9.17, 15) is 9.18 Å². The van der Waals surface area contributed by atoms with Crippen LogP contribution in [0.2, 0.25) is 0 Å². The minimum absolute atomic E-state index is 0.301. The molecule has 2 rings (SSSR count). The fourth-order valence-electron chi connectivity index (χ4n) is 1.93. The molecule has 0 aromatic heterocycles. The summed E-state index contributed by atoms with van der Waals surface area (Å²) >= 11 is 3.41. The van der Waals surface area contributed by atoms with E-state index in [1.165, 1.54) is 12.1 Å². The number of benzene rings is 2. The van der Waals surface area contributed by atoms with Gasteiger partial charge < -0.3 is 10.1 Å². The Bertz CT molecular complexity index is 688. The van der Waals surface area contributed by atoms with Gasteiger partial charge in [0.05, 0.1) is 11.1 Å². The Labute approximate surface area is 144 Å². The first-order valence-corrected chi connectivity index (χ1v) is 8.24. The summed E-state index contributed by atoms with van der Waals surface area (Å²) in [5.41, 5.74) is 0.890. The largest absolute Gasteiger partial charge is 0.492 e. The summed E-state index contributed by atoms with van der Waals surface area (Å²) in [6.45, 7) is 4.90. The number of nitrogens with one attached hydrogen (secondary N) is 1. The predicted octanol–water partition coefficient (Wildman–Crippen LogP) is 5.27. The van der Waals surface area contributed by atoms with Crippen LogP contribution < -0.4 is 10.1 Å². The highest BCUT2D eigenvalue weighted by Crippen LogP contribution is 2.27. The molecule has 1 amide bonds. The predicted molar refractivity (Wildman–Crippen MR) is 93.4 cm³/mol. The molecule has 2 aromatic carbocycles. The summed E-state index contributed by atoms with van der Waals surface area (Å²) in [4.78, 5) is 12.2. The summed E-state index contributed by atoms with van der Waals surface area (Å²) in [5, 5.41) is 2.66. The van der Waals surface area contributed by atoms with Gasteiger partial charge in [-0.3, -0.25) is 4.79 Å². The van der Waals surface area contributed by atoms with Gasteiger partial charge in [0.1, 0.15) is 11.6 Å². The molecule has 0 spiro atoms. The van der Waals surface area contributed by atoms with Crippen LogP contribution in [-0.2, 0) is 0 Å². The molecule has 0 aliphatic rings. The third kappa shape index (κ3) is 5.36. The standard InChI is InChI=1S/C18H19BrFNO2/c1-12(2)8-9-23-17-7-6-13(10-16(17)19)18(22)21-15-5-3-4-14(20)11-15/h3-7,10-12H,8-9H2,1-2H3,(H,21,22). The summed E-state index contributed by atoms with van der Waals surface area (Å²) in [5.74, 6) is 0.584. The molecular formula is C18H19BrFNO2. The second kappa shape index (κ2) is 8.11. The topological polar surface area (TPSA) is 38.3 Å². The number of carbonyl (C=O) groups is 1. The van der Waals surface area contributed by atoms with Crippen molar-refractivity contribution in [3.8, 4) is 5.75 Å². The van der Waals surface area contributed by atoms with E-state index in [1.54, 1.807) is 30.3 Å². The Morgan fingerprint density at radius 2 is 2.04 bits per heavy atom. The van der Waals surface area contributed by atoms with Crippen LogP contribution in [0.25, 0.3) is 0 Å². The Kier molecular flexibility index (Phi) is 6.16. The molecule has 5 heteroatoms. The molecule has 3 nitrogen and oxygen atoms in total. The molecule has 0 atom stereocenters. The number of ether oxygens (including phenoxy) is 1. The molecule has 0 radical (unpaired) electrons. The highest BCUT2D eigenvalue weighted by Gasteiger charge is 2.10. The summed E-state index contributed by atoms with van der Waals surface area (Å²) < 4.78 is 19.5. The first-order chi connectivity index (χ1) is 11.0. The first kappa shape index (κ1) is 17.5. The fraction of sp³-hybridized carbons (Fsp3) is 0.278. The van der Waals surface area contributed by atoms with Crippen LogP contribution in [0.15, 0.2) is 46.9 Å². The van der Waals surface area contributed by atoms with Crippen LogP contribution >= 0.6 is 15.9 Å². The van der Waals surface area contributed by atoms with Gasteiger partial charge in [0.15, 0.2) is 0 Å². The molecule has 1 N–H and O–H groups in total. The highest BCUT2D eigenvalue weighted by atomic mass is 79.9. The van der Waals surface area contributed by atoms with E-state index >= 15 is 0 Å². The van der Waals surface area contributed by atoms with Gasteiger partial charge >= 0.3 is 0 Å². The second-order valence-corrected chi connectivity index (χ2v) is 6.49. The average molecular weight is 380 g/mol. The van der Waals surface area contributed by atoms with Crippen molar-refractivity contribution >= 4 is 27.5 Å². The Morgan fingerprint density at radius 1 is 1.26 bits per heavy atom. The first-order valence-electron chi connectivity index (χ1n) is 7.45. The van der Waals surface area contributed by atoms with Crippen LogP contribution in [0.1, 0.15) is 30.6 Å². The van der Waals surface area contributed by atoms with Crippen LogP contribution in [0.3, 0.4) is 0 Å². The number of hydrogen-bond acceptors (Lipinski definition) is 2. The Balaban J connectivity index is 2.02. The quantitative estimate of drug-likeness (QED) is 0.742.